The van der Waals surface area contributed by atoms with E-state index in [1.165, 1.54) is 11.9 Å². The molecular formula is C8H11F3NO3. The van der Waals surface area contributed by atoms with Gasteiger partial charge in [-0.1, -0.05) is 13.8 Å². The predicted octanol–water partition coefficient (Wildman–Crippen LogP) is 1.03. The number of halogens is 3. The zero-order valence-corrected chi connectivity index (χ0v) is 8.22. The average Bonchev–Trinajstić information content (AvgIpc) is 2.09. The van der Waals surface area contributed by atoms with Gasteiger partial charge in [0.1, 0.15) is 13.2 Å². The highest BCUT2D eigenvalue weighted by molar-refractivity contribution is 5.85. The summed E-state index contributed by atoms with van der Waals surface area (Å²) in [6, 6.07) is 0. The summed E-state index contributed by atoms with van der Waals surface area (Å²) in [6.45, 7) is 3.81. The second kappa shape index (κ2) is 5.57. The topological polar surface area (TPSA) is 55.4 Å². The first-order valence-electron chi connectivity index (χ1n) is 4.11. The molecule has 0 fully saturated rings. The van der Waals surface area contributed by atoms with Gasteiger partial charge >= 0.3 is 18.1 Å². The van der Waals surface area contributed by atoms with E-state index in [1.807, 2.05) is 0 Å². The van der Waals surface area contributed by atoms with E-state index >= 15 is 0 Å². The summed E-state index contributed by atoms with van der Waals surface area (Å²) in [5, 5.41) is 1.39. The van der Waals surface area contributed by atoms with Crippen LogP contribution in [0.15, 0.2) is 0 Å². The minimum absolute atomic E-state index is 0.0349. The quantitative estimate of drug-likeness (QED) is 0.728. The van der Waals surface area contributed by atoms with Gasteiger partial charge in [0, 0.05) is 0 Å². The van der Waals surface area contributed by atoms with Crippen molar-refractivity contribution < 1.29 is 27.5 Å². The van der Waals surface area contributed by atoms with Crippen LogP contribution in [0.3, 0.4) is 0 Å². The molecule has 0 aliphatic rings. The number of nitrogens with one attached hydrogen (secondary N) is 1. The van der Waals surface area contributed by atoms with Gasteiger partial charge in [-0.05, 0) is 5.92 Å². The fourth-order valence-corrected chi connectivity index (χ4v) is 0.506. The van der Waals surface area contributed by atoms with Gasteiger partial charge in [-0.2, -0.15) is 13.2 Å². The third-order valence-electron chi connectivity index (χ3n) is 1.12. The molecule has 0 aromatic rings. The maximum Gasteiger partial charge on any atom is 0.471 e. The Labute approximate surface area is 84.8 Å². The van der Waals surface area contributed by atoms with Gasteiger partial charge in [-0.25, -0.2) is 0 Å². The van der Waals surface area contributed by atoms with E-state index < -0.39 is 24.6 Å². The van der Waals surface area contributed by atoms with Crippen LogP contribution < -0.4 is 5.32 Å². The van der Waals surface area contributed by atoms with Crippen LogP contribution >= 0.6 is 0 Å². The van der Waals surface area contributed by atoms with Crippen molar-refractivity contribution >= 4 is 11.9 Å². The molecule has 0 spiro atoms. The first kappa shape index (κ1) is 13.7. The lowest BCUT2D eigenvalue weighted by atomic mass is 10.2. The number of rotatable bonds is 4. The first-order chi connectivity index (χ1) is 6.73. The zero-order valence-electron chi connectivity index (χ0n) is 8.22. The van der Waals surface area contributed by atoms with Gasteiger partial charge in [0.25, 0.3) is 0 Å². The highest BCUT2D eigenvalue weighted by Crippen LogP contribution is 2.13. The van der Waals surface area contributed by atoms with Gasteiger partial charge in [0.2, 0.25) is 0 Å². The van der Waals surface area contributed by atoms with E-state index in [0.29, 0.717) is 0 Å². The lowest BCUT2D eigenvalue weighted by molar-refractivity contribution is -0.174. The van der Waals surface area contributed by atoms with E-state index in [4.69, 9.17) is 0 Å². The molecule has 1 radical (unpaired) electrons. The van der Waals surface area contributed by atoms with Crippen molar-refractivity contribution in [1.82, 2.24) is 5.32 Å². The molecule has 0 heterocycles. The third kappa shape index (κ3) is 6.75. The summed E-state index contributed by atoms with van der Waals surface area (Å²) in [6.07, 6.45) is -4.98. The molecule has 0 bridgehead atoms. The molecule has 0 unspecified atom stereocenters. The number of amides is 1. The van der Waals surface area contributed by atoms with Gasteiger partial charge in [0.15, 0.2) is 0 Å². The maximum atomic E-state index is 11.6. The fraction of sp³-hybridized carbons (Fsp3) is 0.625. The number of carbonyl (C=O) groups excluding carboxylic acids is 2. The molecule has 0 aromatic heterocycles. The molecule has 1 amide bonds. The van der Waals surface area contributed by atoms with Crippen LogP contribution in [0.1, 0.15) is 13.8 Å². The Morgan fingerprint density at radius 1 is 1.40 bits per heavy atom. The second-order valence-corrected chi connectivity index (χ2v) is 3.05. The molecule has 7 heteroatoms. The number of carbonyl (C=O) groups is 2. The number of hydrogen-bond donors (Lipinski definition) is 1. The van der Waals surface area contributed by atoms with Crippen molar-refractivity contribution in [3.8, 4) is 0 Å². The molecule has 0 aliphatic carbocycles. The van der Waals surface area contributed by atoms with E-state index in [1.54, 1.807) is 13.8 Å². The Bertz CT molecular complexity index is 238. The van der Waals surface area contributed by atoms with Crippen LogP contribution in [-0.4, -0.2) is 24.6 Å². The standard InChI is InChI=1S/C8H11F3NO3/c1-5(2)4-15-6(13)3-12-7(14)8(9,10)11/h4-5H,3H2,1-2H3,(H,12,14). The van der Waals surface area contributed by atoms with Crippen molar-refractivity contribution in [2.45, 2.75) is 20.0 Å². The van der Waals surface area contributed by atoms with Crippen LogP contribution in [0.4, 0.5) is 13.2 Å². The monoisotopic (exact) mass is 226 g/mol. The van der Waals surface area contributed by atoms with Gasteiger partial charge in [0.05, 0.1) is 0 Å². The maximum absolute atomic E-state index is 11.6. The van der Waals surface area contributed by atoms with E-state index in [-0.39, 0.29) is 5.92 Å². The van der Waals surface area contributed by atoms with Gasteiger partial charge in [-0.15, -0.1) is 0 Å². The predicted molar refractivity (Wildman–Crippen MR) is 44.3 cm³/mol. The molecule has 0 saturated carbocycles. The van der Waals surface area contributed by atoms with Crippen molar-refractivity contribution in [2.24, 2.45) is 5.92 Å². The minimum Gasteiger partial charge on any atom is -0.457 e. The number of alkyl halides is 3. The molecule has 0 aromatic carbocycles. The molecule has 1 N–H and O–H groups in total. The van der Waals surface area contributed by atoms with E-state index in [0.717, 1.165) is 0 Å². The van der Waals surface area contributed by atoms with Gasteiger partial charge in [-0.3, -0.25) is 9.59 Å². The lowest BCUT2D eigenvalue weighted by Crippen LogP contribution is -2.39. The Morgan fingerprint density at radius 2 is 1.93 bits per heavy atom. The van der Waals surface area contributed by atoms with Crippen molar-refractivity contribution in [1.29, 1.82) is 0 Å². The fourth-order valence-electron chi connectivity index (χ4n) is 0.506. The van der Waals surface area contributed by atoms with Crippen LogP contribution in [0.2, 0.25) is 0 Å². The highest BCUT2D eigenvalue weighted by Gasteiger charge is 2.38. The largest absolute Gasteiger partial charge is 0.471 e. The van der Waals surface area contributed by atoms with Crippen LogP contribution in [-0.2, 0) is 14.3 Å². The number of ether oxygens (including phenoxy) is 1. The molecule has 0 aliphatic heterocycles. The first-order valence-corrected chi connectivity index (χ1v) is 4.11. The molecule has 0 atom stereocenters. The number of hydrogen-bond acceptors (Lipinski definition) is 3. The second-order valence-electron chi connectivity index (χ2n) is 3.05. The third-order valence-corrected chi connectivity index (χ3v) is 1.12. The average molecular weight is 226 g/mol. The van der Waals surface area contributed by atoms with Crippen LogP contribution in [0.5, 0.6) is 0 Å². The summed E-state index contributed by atoms with van der Waals surface area (Å²) in [7, 11) is 0. The van der Waals surface area contributed by atoms with Crippen LogP contribution in [0.25, 0.3) is 0 Å². The minimum atomic E-state index is -4.98. The molecule has 87 valence electrons. The Hall–Kier alpha value is -1.27. The van der Waals surface area contributed by atoms with Gasteiger partial charge < -0.3 is 10.1 Å². The smallest absolute Gasteiger partial charge is 0.457 e. The van der Waals surface area contributed by atoms with E-state index in [2.05, 4.69) is 4.74 Å². The Balaban J connectivity index is 3.77. The summed E-state index contributed by atoms with van der Waals surface area (Å²) < 4.78 is 39.3. The van der Waals surface area contributed by atoms with Crippen molar-refractivity contribution in [3.63, 3.8) is 0 Å². The molecule has 0 rings (SSSR count). The summed E-state index contributed by atoms with van der Waals surface area (Å²) >= 11 is 0. The molecular weight excluding hydrogens is 215 g/mol. The molecule has 4 nitrogen and oxygen atoms in total. The SMILES string of the molecule is CC(C)[CH]OC(=O)CNC(=O)C(F)(F)F. The molecule has 15 heavy (non-hydrogen) atoms. The summed E-state index contributed by atoms with van der Waals surface area (Å²) in [5.41, 5.74) is 0. The Kier molecular flexibility index (Phi) is 5.10. The Morgan fingerprint density at radius 3 is 2.33 bits per heavy atom. The normalized spacial score (nSPS) is 11.3. The summed E-state index contributed by atoms with van der Waals surface area (Å²) in [4.78, 5) is 21.0. The lowest BCUT2D eigenvalue weighted by Gasteiger charge is -2.08. The van der Waals surface area contributed by atoms with Crippen molar-refractivity contribution in [2.75, 3.05) is 6.54 Å². The van der Waals surface area contributed by atoms with Crippen molar-refractivity contribution in [3.05, 3.63) is 6.61 Å². The zero-order chi connectivity index (χ0) is 12.1. The summed E-state index contributed by atoms with van der Waals surface area (Å²) in [5.74, 6) is -3.14. The number of esters is 1. The molecule has 0 saturated heterocycles. The van der Waals surface area contributed by atoms with Crippen LogP contribution in [0, 0.1) is 12.5 Å². The van der Waals surface area contributed by atoms with E-state index in [9.17, 15) is 22.8 Å². The highest BCUT2D eigenvalue weighted by atomic mass is 19.4.